The first kappa shape index (κ1) is 26.2. The number of halogens is 1. The van der Waals surface area contributed by atoms with Crippen LogP contribution in [0.15, 0.2) is 18.2 Å². The van der Waals surface area contributed by atoms with Gasteiger partial charge in [-0.3, -0.25) is 0 Å². The molecular formula is C32H51FO. The molecule has 0 saturated heterocycles. The fourth-order valence-corrected chi connectivity index (χ4v) is 7.59. The molecule has 0 aliphatic heterocycles. The minimum Gasteiger partial charge on any atom is -0.381 e. The molecule has 0 aromatic heterocycles. The highest BCUT2D eigenvalue weighted by Crippen LogP contribution is 2.44. The van der Waals surface area contributed by atoms with Crippen molar-refractivity contribution in [1.82, 2.24) is 0 Å². The monoisotopic (exact) mass is 470 g/mol. The van der Waals surface area contributed by atoms with Crippen molar-refractivity contribution >= 4 is 0 Å². The maximum absolute atomic E-state index is 15.0. The van der Waals surface area contributed by atoms with Gasteiger partial charge in [-0.2, -0.15) is 0 Å². The van der Waals surface area contributed by atoms with Gasteiger partial charge in [0.1, 0.15) is 5.82 Å². The highest BCUT2D eigenvalue weighted by Gasteiger charge is 2.31. The van der Waals surface area contributed by atoms with E-state index in [-0.39, 0.29) is 5.82 Å². The first-order valence-corrected chi connectivity index (χ1v) is 15.0. The lowest BCUT2D eigenvalue weighted by Crippen LogP contribution is -2.25. The van der Waals surface area contributed by atoms with Gasteiger partial charge in [0, 0.05) is 7.11 Å². The van der Waals surface area contributed by atoms with Crippen molar-refractivity contribution in [2.24, 2.45) is 23.7 Å². The summed E-state index contributed by atoms with van der Waals surface area (Å²) in [6.07, 6.45) is 24.1. The van der Waals surface area contributed by atoms with Crippen LogP contribution in [0.3, 0.4) is 0 Å². The molecule has 192 valence electrons. The highest BCUT2D eigenvalue weighted by molar-refractivity contribution is 5.27. The molecule has 0 atom stereocenters. The van der Waals surface area contributed by atoms with Crippen LogP contribution < -0.4 is 0 Å². The normalized spacial score (nSPS) is 32.6. The van der Waals surface area contributed by atoms with E-state index in [0.29, 0.717) is 12.0 Å². The number of hydrogen-bond donors (Lipinski definition) is 0. The number of methoxy groups -OCH3 is 1. The van der Waals surface area contributed by atoms with E-state index in [1.165, 1.54) is 108 Å². The van der Waals surface area contributed by atoms with Crippen LogP contribution in [0.5, 0.6) is 0 Å². The lowest BCUT2D eigenvalue weighted by atomic mass is 9.68. The van der Waals surface area contributed by atoms with Gasteiger partial charge in [0.2, 0.25) is 0 Å². The van der Waals surface area contributed by atoms with E-state index < -0.39 is 0 Å². The van der Waals surface area contributed by atoms with Gasteiger partial charge in [0.05, 0.1) is 6.10 Å². The first-order valence-electron chi connectivity index (χ1n) is 15.0. The fraction of sp³-hybridized carbons (Fsp3) is 0.812. The summed E-state index contributed by atoms with van der Waals surface area (Å²) in [5.41, 5.74) is 2.20. The van der Waals surface area contributed by atoms with Crippen molar-refractivity contribution < 1.29 is 9.13 Å². The topological polar surface area (TPSA) is 9.23 Å². The molecule has 3 saturated carbocycles. The van der Waals surface area contributed by atoms with Crippen LogP contribution in [0.25, 0.3) is 0 Å². The third-order valence-electron chi connectivity index (χ3n) is 10.0. The van der Waals surface area contributed by atoms with Gasteiger partial charge >= 0.3 is 0 Å². The molecule has 3 aliphatic rings. The Labute approximate surface area is 209 Å². The van der Waals surface area contributed by atoms with Crippen molar-refractivity contribution in [1.29, 1.82) is 0 Å². The quantitative estimate of drug-likeness (QED) is 0.309. The van der Waals surface area contributed by atoms with Crippen molar-refractivity contribution in [2.75, 3.05) is 7.11 Å². The molecule has 0 heterocycles. The minimum atomic E-state index is 0.0478. The standard InChI is InChI=1S/C32H51FO/c1-3-4-5-6-24-7-12-26(13-8-24)27-15-17-28(18-16-27)30-20-19-29(32(33)23-30)14-9-25-10-21-31(34-2)22-11-25/h19-20,23-28,31H,3-18,21-22H2,1-2H3. The Morgan fingerprint density at radius 3 is 2.00 bits per heavy atom. The molecule has 0 N–H and O–H groups in total. The van der Waals surface area contributed by atoms with E-state index in [1.807, 2.05) is 13.2 Å². The summed E-state index contributed by atoms with van der Waals surface area (Å²) in [7, 11) is 1.83. The summed E-state index contributed by atoms with van der Waals surface area (Å²) in [6.45, 7) is 2.31. The van der Waals surface area contributed by atoms with Crippen LogP contribution >= 0.6 is 0 Å². The summed E-state index contributed by atoms with van der Waals surface area (Å²) < 4.78 is 20.5. The Bertz CT molecular complexity index is 706. The van der Waals surface area contributed by atoms with Crippen LogP contribution in [-0.4, -0.2) is 13.2 Å². The molecule has 3 aliphatic carbocycles. The number of hydrogen-bond acceptors (Lipinski definition) is 1. The lowest BCUT2D eigenvalue weighted by molar-refractivity contribution is 0.0556. The number of aryl methyl sites for hydroxylation is 1. The summed E-state index contributed by atoms with van der Waals surface area (Å²) >= 11 is 0. The van der Waals surface area contributed by atoms with Gasteiger partial charge in [0.15, 0.2) is 0 Å². The highest BCUT2D eigenvalue weighted by atomic mass is 19.1. The molecule has 0 amide bonds. The largest absolute Gasteiger partial charge is 0.381 e. The van der Waals surface area contributed by atoms with Gasteiger partial charge in [-0.05, 0) is 124 Å². The molecule has 2 heteroatoms. The van der Waals surface area contributed by atoms with Gasteiger partial charge in [-0.15, -0.1) is 0 Å². The predicted octanol–water partition coefficient (Wildman–Crippen LogP) is 9.62. The van der Waals surface area contributed by atoms with Crippen LogP contribution in [0.2, 0.25) is 0 Å². The molecule has 3 fully saturated rings. The molecule has 1 aromatic carbocycles. The summed E-state index contributed by atoms with van der Waals surface area (Å²) in [6, 6.07) is 6.26. The maximum Gasteiger partial charge on any atom is 0.126 e. The Kier molecular flexibility index (Phi) is 10.3. The van der Waals surface area contributed by atoms with E-state index in [2.05, 4.69) is 19.1 Å². The lowest BCUT2D eigenvalue weighted by Gasteiger charge is -2.38. The van der Waals surface area contributed by atoms with E-state index in [1.54, 1.807) is 0 Å². The van der Waals surface area contributed by atoms with Gasteiger partial charge in [-0.1, -0.05) is 57.6 Å². The second-order valence-corrected chi connectivity index (χ2v) is 12.2. The van der Waals surface area contributed by atoms with Crippen LogP contribution in [0.1, 0.15) is 133 Å². The Morgan fingerprint density at radius 1 is 0.765 bits per heavy atom. The smallest absolute Gasteiger partial charge is 0.126 e. The molecule has 0 radical (unpaired) electrons. The van der Waals surface area contributed by atoms with Gasteiger partial charge < -0.3 is 4.74 Å². The van der Waals surface area contributed by atoms with Crippen molar-refractivity contribution in [3.63, 3.8) is 0 Å². The maximum atomic E-state index is 15.0. The van der Waals surface area contributed by atoms with Crippen molar-refractivity contribution in [3.05, 3.63) is 35.1 Å². The number of unbranched alkanes of at least 4 members (excludes halogenated alkanes) is 2. The van der Waals surface area contributed by atoms with Crippen LogP contribution in [-0.2, 0) is 11.2 Å². The minimum absolute atomic E-state index is 0.0478. The Balaban J connectivity index is 1.18. The second-order valence-electron chi connectivity index (χ2n) is 12.2. The molecule has 0 unspecified atom stereocenters. The van der Waals surface area contributed by atoms with Crippen LogP contribution in [0, 0.1) is 29.5 Å². The molecule has 4 rings (SSSR count). The third kappa shape index (κ3) is 7.31. The predicted molar refractivity (Wildman–Crippen MR) is 142 cm³/mol. The van der Waals surface area contributed by atoms with E-state index >= 15 is 0 Å². The fourth-order valence-electron chi connectivity index (χ4n) is 7.59. The average Bonchev–Trinajstić information content (AvgIpc) is 2.89. The molecule has 34 heavy (non-hydrogen) atoms. The number of rotatable bonds is 10. The average molecular weight is 471 g/mol. The number of ether oxygens (including phenoxy) is 1. The van der Waals surface area contributed by atoms with Crippen LogP contribution in [0.4, 0.5) is 4.39 Å². The molecule has 0 bridgehead atoms. The van der Waals surface area contributed by atoms with Crippen molar-refractivity contribution in [2.45, 2.75) is 135 Å². The van der Waals surface area contributed by atoms with E-state index in [0.717, 1.165) is 42.1 Å². The Hall–Kier alpha value is -0.890. The van der Waals surface area contributed by atoms with Gasteiger partial charge in [-0.25, -0.2) is 4.39 Å². The summed E-state index contributed by atoms with van der Waals surface area (Å²) in [4.78, 5) is 0. The third-order valence-corrected chi connectivity index (χ3v) is 10.0. The van der Waals surface area contributed by atoms with E-state index in [9.17, 15) is 4.39 Å². The summed E-state index contributed by atoms with van der Waals surface area (Å²) in [5, 5.41) is 0. The second kappa shape index (κ2) is 13.4. The molecule has 1 nitrogen and oxygen atoms in total. The van der Waals surface area contributed by atoms with E-state index in [4.69, 9.17) is 4.74 Å². The zero-order chi connectivity index (χ0) is 23.8. The molecule has 1 aromatic rings. The number of benzene rings is 1. The first-order chi connectivity index (χ1) is 16.7. The zero-order valence-electron chi connectivity index (χ0n) is 22.2. The SMILES string of the molecule is CCCCCC1CCC(C2CCC(c3ccc(CCC4CCC(OC)CC4)c(F)c3)CC2)CC1. The van der Waals surface area contributed by atoms with Crippen molar-refractivity contribution in [3.8, 4) is 0 Å². The molecular weight excluding hydrogens is 419 g/mol. The Morgan fingerprint density at radius 2 is 1.38 bits per heavy atom. The summed E-state index contributed by atoms with van der Waals surface area (Å²) in [5.74, 6) is 4.29. The van der Waals surface area contributed by atoms with Gasteiger partial charge in [0.25, 0.3) is 0 Å². The zero-order valence-corrected chi connectivity index (χ0v) is 22.2. The molecule has 0 spiro atoms.